The maximum absolute atomic E-state index is 6.34. The molecule has 2 aromatic carbocycles. The Balaban J connectivity index is 2.02. The molecule has 0 N–H and O–H groups in total. The van der Waals surface area contributed by atoms with E-state index >= 15 is 0 Å². The van der Waals surface area contributed by atoms with Crippen LogP contribution in [0.5, 0.6) is 5.75 Å². The lowest BCUT2D eigenvalue weighted by atomic mass is 9.72. The van der Waals surface area contributed by atoms with Crippen molar-refractivity contribution in [3.05, 3.63) is 109 Å². The molecule has 2 aromatic rings. The van der Waals surface area contributed by atoms with Crippen molar-refractivity contribution in [1.82, 2.24) is 0 Å². The molecule has 0 aromatic heterocycles. The molecule has 0 amide bonds. The van der Waals surface area contributed by atoms with Gasteiger partial charge in [0.15, 0.2) is 0 Å². The molecule has 0 fully saturated rings. The van der Waals surface area contributed by atoms with E-state index in [-0.39, 0.29) is 5.41 Å². The number of para-hydroxylation sites is 1. The fourth-order valence-electron chi connectivity index (χ4n) is 3.45. The van der Waals surface area contributed by atoms with Crippen LogP contribution in [0.1, 0.15) is 44.7 Å². The van der Waals surface area contributed by atoms with Crippen LogP contribution < -0.4 is 4.74 Å². The van der Waals surface area contributed by atoms with E-state index in [1.54, 1.807) is 6.26 Å². The maximum atomic E-state index is 6.34. The van der Waals surface area contributed by atoms with Gasteiger partial charge in [0, 0.05) is 11.0 Å². The number of benzene rings is 2. The molecule has 29 heavy (non-hydrogen) atoms. The summed E-state index contributed by atoms with van der Waals surface area (Å²) in [6.07, 6.45) is 9.54. The first-order valence-corrected chi connectivity index (χ1v) is 10.0. The van der Waals surface area contributed by atoms with Crippen LogP contribution in [-0.4, -0.2) is 0 Å². The normalized spacial score (nSPS) is 18.5. The lowest BCUT2D eigenvalue weighted by Crippen LogP contribution is -2.33. The molecule has 0 bridgehead atoms. The van der Waals surface area contributed by atoms with Gasteiger partial charge in [0.05, 0.1) is 5.41 Å². The summed E-state index contributed by atoms with van der Waals surface area (Å²) < 4.78 is 12.3. The molecule has 1 aliphatic rings. The van der Waals surface area contributed by atoms with E-state index in [2.05, 4.69) is 64.3 Å². The molecular weight excluding hydrogens is 356 g/mol. The average molecular weight is 387 g/mol. The second-order valence-corrected chi connectivity index (χ2v) is 8.46. The van der Waals surface area contributed by atoms with E-state index in [1.807, 2.05) is 42.5 Å². The fourth-order valence-corrected chi connectivity index (χ4v) is 3.45. The lowest BCUT2D eigenvalue weighted by Gasteiger charge is -2.39. The summed E-state index contributed by atoms with van der Waals surface area (Å²) in [5, 5.41) is 0. The Kier molecular flexibility index (Phi) is 6.12. The minimum absolute atomic E-state index is 0.169. The van der Waals surface area contributed by atoms with Gasteiger partial charge in [-0.15, -0.1) is 6.58 Å². The minimum atomic E-state index is -0.393. The molecule has 0 spiro atoms. The first-order chi connectivity index (χ1) is 13.9. The summed E-state index contributed by atoms with van der Waals surface area (Å²) in [6.45, 7) is 14.5. The zero-order valence-corrected chi connectivity index (χ0v) is 17.7. The van der Waals surface area contributed by atoms with Crippen LogP contribution in [-0.2, 0) is 10.2 Å². The third kappa shape index (κ3) is 4.54. The van der Waals surface area contributed by atoms with Crippen LogP contribution in [0, 0.1) is 5.41 Å². The van der Waals surface area contributed by atoms with Crippen LogP contribution in [0.15, 0.2) is 97.7 Å². The summed E-state index contributed by atoms with van der Waals surface area (Å²) in [4.78, 5) is 0. The minimum Gasteiger partial charge on any atom is -0.462 e. The highest BCUT2D eigenvalue weighted by Crippen LogP contribution is 2.48. The van der Waals surface area contributed by atoms with Crippen molar-refractivity contribution in [3.8, 4) is 5.75 Å². The average Bonchev–Trinajstić information content (AvgIpc) is 2.70. The summed E-state index contributed by atoms with van der Waals surface area (Å²) in [7, 11) is 0. The Labute approximate surface area is 174 Å². The van der Waals surface area contributed by atoms with Crippen molar-refractivity contribution in [3.63, 3.8) is 0 Å². The number of allylic oxidation sites excluding steroid dienone is 4. The SMILES string of the molecule is C=CC[C@@]1(C/C=C/c2ccccc2)C(OC(=C)C(C)(C)C)=COc2ccccc21. The van der Waals surface area contributed by atoms with Crippen LogP contribution in [0.2, 0.25) is 0 Å². The molecule has 1 heterocycles. The van der Waals surface area contributed by atoms with Crippen molar-refractivity contribution >= 4 is 6.08 Å². The second kappa shape index (κ2) is 8.57. The van der Waals surface area contributed by atoms with Gasteiger partial charge in [0.2, 0.25) is 0 Å². The van der Waals surface area contributed by atoms with Crippen molar-refractivity contribution in [1.29, 1.82) is 0 Å². The first-order valence-electron chi connectivity index (χ1n) is 10.0. The molecule has 3 rings (SSSR count). The predicted molar refractivity (Wildman–Crippen MR) is 121 cm³/mol. The molecule has 0 aliphatic carbocycles. The van der Waals surface area contributed by atoms with E-state index < -0.39 is 5.41 Å². The zero-order valence-electron chi connectivity index (χ0n) is 17.7. The van der Waals surface area contributed by atoms with Gasteiger partial charge in [-0.2, -0.15) is 0 Å². The van der Waals surface area contributed by atoms with E-state index in [4.69, 9.17) is 9.47 Å². The molecule has 0 saturated carbocycles. The molecule has 0 saturated heterocycles. The molecule has 1 aliphatic heterocycles. The number of hydrogen-bond acceptors (Lipinski definition) is 2. The Morgan fingerprint density at radius 2 is 1.72 bits per heavy atom. The van der Waals surface area contributed by atoms with Crippen molar-refractivity contribution in [2.24, 2.45) is 5.41 Å². The number of ether oxygens (including phenoxy) is 2. The fraction of sp³-hybridized carbons (Fsp3) is 0.259. The van der Waals surface area contributed by atoms with Gasteiger partial charge in [-0.25, -0.2) is 0 Å². The highest BCUT2D eigenvalue weighted by molar-refractivity contribution is 5.52. The molecule has 0 unspecified atom stereocenters. The van der Waals surface area contributed by atoms with E-state index in [0.717, 1.165) is 29.9 Å². The van der Waals surface area contributed by atoms with Gasteiger partial charge < -0.3 is 9.47 Å². The van der Waals surface area contributed by atoms with E-state index in [9.17, 15) is 0 Å². The van der Waals surface area contributed by atoms with Crippen molar-refractivity contribution in [2.45, 2.75) is 39.0 Å². The van der Waals surface area contributed by atoms with Crippen molar-refractivity contribution < 1.29 is 9.47 Å². The second-order valence-electron chi connectivity index (χ2n) is 8.46. The number of hydrogen-bond donors (Lipinski definition) is 0. The summed E-state index contributed by atoms with van der Waals surface area (Å²) >= 11 is 0. The van der Waals surface area contributed by atoms with Crippen LogP contribution in [0.4, 0.5) is 0 Å². The quantitative estimate of drug-likeness (QED) is 0.364. The summed E-state index contributed by atoms with van der Waals surface area (Å²) in [5.41, 5.74) is 1.72. The standard InChI is InChI=1S/C27H30O2/c1-6-18-27(19-12-15-22-13-8-7-9-14-22)23-16-10-11-17-24(23)28-20-25(27)29-21(2)26(3,4)5/h6-17,20H,1-2,18-19H2,3-5H3/b15-12+/t27-/m0/s1. The molecule has 2 nitrogen and oxygen atoms in total. The first kappa shape index (κ1) is 20.7. The van der Waals surface area contributed by atoms with E-state index in [1.165, 1.54) is 5.56 Å². The summed E-state index contributed by atoms with van der Waals surface area (Å²) in [5.74, 6) is 2.34. The Morgan fingerprint density at radius 1 is 1.03 bits per heavy atom. The Hall–Kier alpha value is -3.00. The van der Waals surface area contributed by atoms with Crippen molar-refractivity contribution in [2.75, 3.05) is 0 Å². The maximum Gasteiger partial charge on any atom is 0.150 e. The van der Waals surface area contributed by atoms with Gasteiger partial charge in [0.1, 0.15) is 23.5 Å². The third-order valence-electron chi connectivity index (χ3n) is 5.31. The summed E-state index contributed by atoms with van der Waals surface area (Å²) in [6, 6.07) is 18.5. The van der Waals surface area contributed by atoms with Gasteiger partial charge in [-0.1, -0.05) is 94.1 Å². The van der Waals surface area contributed by atoms with Crippen LogP contribution in [0.3, 0.4) is 0 Å². The molecular formula is C27H30O2. The molecule has 1 atom stereocenters. The van der Waals surface area contributed by atoms with Crippen LogP contribution >= 0.6 is 0 Å². The van der Waals surface area contributed by atoms with E-state index in [0.29, 0.717) is 5.76 Å². The number of rotatable bonds is 7. The zero-order chi connectivity index (χ0) is 20.9. The van der Waals surface area contributed by atoms with Gasteiger partial charge in [-0.05, 0) is 24.5 Å². The largest absolute Gasteiger partial charge is 0.462 e. The molecule has 0 radical (unpaired) electrons. The highest BCUT2D eigenvalue weighted by atomic mass is 16.5. The number of fused-ring (bicyclic) bond motifs is 1. The van der Waals surface area contributed by atoms with Gasteiger partial charge in [0.25, 0.3) is 0 Å². The van der Waals surface area contributed by atoms with Gasteiger partial charge in [-0.3, -0.25) is 0 Å². The van der Waals surface area contributed by atoms with Crippen LogP contribution in [0.25, 0.3) is 6.08 Å². The lowest BCUT2D eigenvalue weighted by molar-refractivity contribution is 0.157. The molecule has 2 heteroatoms. The third-order valence-corrected chi connectivity index (χ3v) is 5.31. The molecule has 150 valence electrons. The Bertz CT molecular complexity index is 929. The highest BCUT2D eigenvalue weighted by Gasteiger charge is 2.42. The monoisotopic (exact) mass is 386 g/mol. The topological polar surface area (TPSA) is 18.5 Å². The smallest absolute Gasteiger partial charge is 0.150 e. The predicted octanol–water partition coefficient (Wildman–Crippen LogP) is 7.41. The van der Waals surface area contributed by atoms with Gasteiger partial charge >= 0.3 is 0 Å². The Morgan fingerprint density at radius 3 is 2.41 bits per heavy atom.